The first-order valence-corrected chi connectivity index (χ1v) is 9.60. The fourth-order valence-corrected chi connectivity index (χ4v) is 3.67. The molecule has 5 heteroatoms. The molecular weight excluding hydrogens is 360 g/mol. The molecular formula is C22H21ClN2O2. The van der Waals surface area contributed by atoms with Gasteiger partial charge in [-0.15, -0.1) is 0 Å². The molecule has 0 saturated heterocycles. The Balaban J connectivity index is 1.22. The zero-order chi connectivity index (χ0) is 18.6. The van der Waals surface area contributed by atoms with Crippen LogP contribution < -0.4 is 10.1 Å². The summed E-state index contributed by atoms with van der Waals surface area (Å²) < 4.78 is 5.85. The zero-order valence-electron chi connectivity index (χ0n) is 14.9. The van der Waals surface area contributed by atoms with Crippen molar-refractivity contribution >= 4 is 28.4 Å². The molecule has 1 aliphatic rings. The summed E-state index contributed by atoms with van der Waals surface area (Å²) in [7, 11) is 0. The summed E-state index contributed by atoms with van der Waals surface area (Å²) in [4.78, 5) is 16.7. The maximum absolute atomic E-state index is 12.3. The van der Waals surface area contributed by atoms with E-state index in [-0.39, 0.29) is 17.7 Å². The quantitative estimate of drug-likeness (QED) is 0.610. The first-order valence-electron chi connectivity index (χ1n) is 9.23. The van der Waals surface area contributed by atoms with Crippen LogP contribution >= 0.6 is 11.6 Å². The van der Waals surface area contributed by atoms with Crippen LogP contribution in [-0.4, -0.2) is 24.0 Å². The van der Waals surface area contributed by atoms with Gasteiger partial charge in [-0.3, -0.25) is 9.78 Å². The van der Waals surface area contributed by atoms with E-state index in [1.54, 1.807) is 6.20 Å². The van der Waals surface area contributed by atoms with E-state index in [1.165, 1.54) is 0 Å². The Labute approximate surface area is 163 Å². The van der Waals surface area contributed by atoms with Gasteiger partial charge in [0.05, 0.1) is 6.61 Å². The molecule has 2 unspecified atom stereocenters. The first kappa shape index (κ1) is 17.8. The van der Waals surface area contributed by atoms with Crippen LogP contribution in [0.2, 0.25) is 5.02 Å². The number of nitrogens with zero attached hydrogens (tertiary/aromatic N) is 1. The average Bonchev–Trinajstić information content (AvgIpc) is 3.49. The number of pyridine rings is 1. The lowest BCUT2D eigenvalue weighted by Crippen LogP contribution is -2.27. The van der Waals surface area contributed by atoms with Crippen molar-refractivity contribution < 1.29 is 9.53 Å². The van der Waals surface area contributed by atoms with Crippen LogP contribution in [0.5, 0.6) is 5.75 Å². The van der Waals surface area contributed by atoms with Crippen molar-refractivity contribution in [1.82, 2.24) is 10.3 Å². The van der Waals surface area contributed by atoms with Crippen LogP contribution in [0, 0.1) is 5.92 Å². The van der Waals surface area contributed by atoms with Crippen LogP contribution in [0.3, 0.4) is 0 Å². The first-order chi connectivity index (χ1) is 13.2. The Kier molecular flexibility index (Phi) is 5.26. The van der Waals surface area contributed by atoms with Crippen LogP contribution in [0.15, 0.2) is 60.8 Å². The third-order valence-corrected chi connectivity index (χ3v) is 5.25. The number of hydrogen-bond acceptors (Lipinski definition) is 3. The predicted molar refractivity (Wildman–Crippen MR) is 107 cm³/mol. The van der Waals surface area contributed by atoms with Gasteiger partial charge in [0.25, 0.3) is 0 Å². The molecule has 0 spiro atoms. The van der Waals surface area contributed by atoms with E-state index in [1.807, 2.05) is 54.6 Å². The summed E-state index contributed by atoms with van der Waals surface area (Å²) >= 11 is 6.22. The molecule has 1 saturated carbocycles. The number of fused-ring (bicyclic) bond motifs is 1. The van der Waals surface area contributed by atoms with E-state index in [4.69, 9.17) is 16.3 Å². The Morgan fingerprint density at radius 3 is 2.89 bits per heavy atom. The van der Waals surface area contributed by atoms with E-state index in [2.05, 4.69) is 10.3 Å². The van der Waals surface area contributed by atoms with Crippen molar-refractivity contribution in [2.24, 2.45) is 5.92 Å². The van der Waals surface area contributed by atoms with Crippen molar-refractivity contribution in [3.63, 3.8) is 0 Å². The number of carbonyl (C=O) groups is 1. The van der Waals surface area contributed by atoms with E-state index >= 15 is 0 Å². The molecule has 0 bridgehead atoms. The highest BCUT2D eigenvalue weighted by Gasteiger charge is 2.44. The third-order valence-electron chi connectivity index (χ3n) is 4.91. The van der Waals surface area contributed by atoms with Gasteiger partial charge in [-0.05, 0) is 42.5 Å². The fourth-order valence-electron chi connectivity index (χ4n) is 3.39. The largest absolute Gasteiger partial charge is 0.491 e. The van der Waals surface area contributed by atoms with Gasteiger partial charge in [0.15, 0.2) is 0 Å². The number of benzene rings is 2. The second kappa shape index (κ2) is 7.97. The van der Waals surface area contributed by atoms with Gasteiger partial charge in [-0.25, -0.2) is 0 Å². The molecule has 1 N–H and O–H groups in total. The maximum Gasteiger partial charge on any atom is 0.223 e. The molecule has 4 rings (SSSR count). The van der Waals surface area contributed by atoms with Crippen molar-refractivity contribution in [2.75, 3.05) is 13.2 Å². The molecule has 1 aromatic heterocycles. The number of halogens is 1. The SMILES string of the molecule is O=C(NCCCOc1cccc2cccnc12)C1CC1c1ccccc1Cl. The van der Waals surface area contributed by atoms with Crippen molar-refractivity contribution in [3.8, 4) is 5.75 Å². The number of rotatable bonds is 7. The van der Waals surface area contributed by atoms with Gasteiger partial charge < -0.3 is 10.1 Å². The van der Waals surface area contributed by atoms with Crippen LogP contribution in [0.1, 0.15) is 24.3 Å². The monoisotopic (exact) mass is 380 g/mol. The molecule has 1 aliphatic carbocycles. The van der Waals surface area contributed by atoms with E-state index < -0.39 is 0 Å². The summed E-state index contributed by atoms with van der Waals surface area (Å²) in [6.45, 7) is 1.14. The van der Waals surface area contributed by atoms with E-state index in [9.17, 15) is 4.79 Å². The molecule has 27 heavy (non-hydrogen) atoms. The summed E-state index contributed by atoms with van der Waals surface area (Å²) in [5, 5.41) is 4.81. The molecule has 1 heterocycles. The summed E-state index contributed by atoms with van der Waals surface area (Å²) in [6.07, 6.45) is 3.38. The Morgan fingerprint density at radius 1 is 1.15 bits per heavy atom. The van der Waals surface area contributed by atoms with Gasteiger partial charge in [-0.1, -0.05) is 48.0 Å². The highest BCUT2D eigenvalue weighted by Crippen LogP contribution is 2.49. The molecule has 4 nitrogen and oxygen atoms in total. The smallest absolute Gasteiger partial charge is 0.223 e. The van der Waals surface area contributed by atoms with Crippen LogP contribution in [0.25, 0.3) is 10.9 Å². The predicted octanol–water partition coefficient (Wildman–Crippen LogP) is 4.58. The molecule has 2 aromatic carbocycles. The van der Waals surface area contributed by atoms with Gasteiger partial charge in [-0.2, -0.15) is 0 Å². The highest BCUT2D eigenvalue weighted by molar-refractivity contribution is 6.31. The minimum atomic E-state index is 0.0353. The van der Waals surface area contributed by atoms with Crippen molar-refractivity contribution in [2.45, 2.75) is 18.8 Å². The van der Waals surface area contributed by atoms with Crippen molar-refractivity contribution in [3.05, 3.63) is 71.4 Å². The normalized spacial score (nSPS) is 18.3. The Hall–Kier alpha value is -2.59. The van der Waals surface area contributed by atoms with Gasteiger partial charge in [0, 0.05) is 29.1 Å². The van der Waals surface area contributed by atoms with Gasteiger partial charge in [0.1, 0.15) is 11.3 Å². The number of para-hydroxylation sites is 1. The average molecular weight is 381 g/mol. The molecule has 2 atom stereocenters. The maximum atomic E-state index is 12.3. The number of nitrogens with one attached hydrogen (secondary N) is 1. The second-order valence-corrected chi connectivity index (χ2v) is 7.20. The van der Waals surface area contributed by atoms with Crippen molar-refractivity contribution in [1.29, 1.82) is 0 Å². The van der Waals surface area contributed by atoms with Crippen LogP contribution in [0.4, 0.5) is 0 Å². The Morgan fingerprint density at radius 2 is 2.00 bits per heavy atom. The summed E-state index contributed by atoms with van der Waals surface area (Å²) in [6, 6.07) is 17.6. The second-order valence-electron chi connectivity index (χ2n) is 6.79. The molecule has 0 radical (unpaired) electrons. The summed E-state index contributed by atoms with van der Waals surface area (Å²) in [5.74, 6) is 1.16. The van der Waals surface area contributed by atoms with Gasteiger partial charge in [0.2, 0.25) is 5.91 Å². The molecule has 0 aliphatic heterocycles. The van der Waals surface area contributed by atoms with E-state index in [0.717, 1.165) is 40.1 Å². The standard InChI is InChI=1S/C22H21ClN2O2/c23-19-9-2-1-8-16(19)17-14-18(17)22(26)25-12-5-13-27-20-10-3-6-15-7-4-11-24-21(15)20/h1-4,6-11,17-18H,5,12-14H2,(H,25,26). The fraction of sp³-hybridized carbons (Fsp3) is 0.273. The number of hydrogen-bond donors (Lipinski definition) is 1. The molecule has 138 valence electrons. The highest BCUT2D eigenvalue weighted by atomic mass is 35.5. The topological polar surface area (TPSA) is 51.2 Å². The Bertz CT molecular complexity index is 954. The number of carbonyl (C=O) groups excluding carboxylic acids is 1. The zero-order valence-corrected chi connectivity index (χ0v) is 15.7. The lowest BCUT2D eigenvalue weighted by Gasteiger charge is -2.09. The van der Waals surface area contributed by atoms with Gasteiger partial charge >= 0.3 is 0 Å². The lowest BCUT2D eigenvalue weighted by molar-refractivity contribution is -0.122. The number of ether oxygens (including phenoxy) is 1. The number of aromatic nitrogens is 1. The van der Waals surface area contributed by atoms with Crippen LogP contribution in [-0.2, 0) is 4.79 Å². The summed E-state index contributed by atoms with van der Waals surface area (Å²) in [5.41, 5.74) is 1.94. The molecule has 1 amide bonds. The number of amides is 1. The minimum Gasteiger partial charge on any atom is -0.491 e. The minimum absolute atomic E-state index is 0.0353. The lowest BCUT2D eigenvalue weighted by atomic mass is 10.1. The third kappa shape index (κ3) is 4.06. The van der Waals surface area contributed by atoms with E-state index in [0.29, 0.717) is 13.2 Å². The molecule has 3 aromatic rings. The molecule has 1 fully saturated rings.